The van der Waals surface area contributed by atoms with Crippen LogP contribution in [0.4, 0.5) is 0 Å². The minimum atomic E-state index is -0.584. The van der Waals surface area contributed by atoms with Gasteiger partial charge in [0, 0.05) is 13.1 Å². The fraction of sp³-hybridized carbons (Fsp3) is 0.696. The number of halogens is 1. The van der Waals surface area contributed by atoms with E-state index < -0.39 is 6.10 Å². The van der Waals surface area contributed by atoms with Crippen LogP contribution in [0.2, 0.25) is 0 Å². The van der Waals surface area contributed by atoms with E-state index in [0.717, 1.165) is 31.0 Å². The number of nitrogens with zero attached hydrogens (tertiary/aromatic N) is 2. The number of aliphatic hydroxyl groups is 1. The van der Waals surface area contributed by atoms with Crippen LogP contribution in [0.15, 0.2) is 29.3 Å². The summed E-state index contributed by atoms with van der Waals surface area (Å²) in [5.74, 6) is 0.786. The Balaban J connectivity index is 0.00000420. The Morgan fingerprint density at radius 1 is 1.10 bits per heavy atom. The van der Waals surface area contributed by atoms with Gasteiger partial charge in [-0.1, -0.05) is 45.0 Å². The molecule has 1 saturated heterocycles. The normalized spacial score (nSPS) is 16.4. The van der Waals surface area contributed by atoms with E-state index >= 15 is 0 Å². The molecule has 1 heterocycles. The lowest BCUT2D eigenvalue weighted by Crippen LogP contribution is -2.38. The third-order valence-electron chi connectivity index (χ3n) is 5.32. The molecule has 0 radical (unpaired) electrons. The van der Waals surface area contributed by atoms with Crippen molar-refractivity contribution >= 4 is 29.9 Å². The first-order chi connectivity index (χ1) is 13.4. The maximum absolute atomic E-state index is 10.5. The first-order valence-electron chi connectivity index (χ1n) is 10.9. The molecule has 6 heteroatoms. The number of aliphatic hydroxyl groups excluding tert-OH is 1. The van der Waals surface area contributed by atoms with Crippen molar-refractivity contribution in [3.05, 3.63) is 35.4 Å². The summed E-state index contributed by atoms with van der Waals surface area (Å²) in [6, 6.07) is 8.23. The second-order valence-corrected chi connectivity index (χ2v) is 8.79. The van der Waals surface area contributed by atoms with E-state index in [1.54, 1.807) is 0 Å². The van der Waals surface area contributed by atoms with E-state index in [9.17, 15) is 5.11 Å². The van der Waals surface area contributed by atoms with Crippen LogP contribution in [-0.4, -0.2) is 55.2 Å². The Morgan fingerprint density at radius 3 is 2.34 bits per heavy atom. The van der Waals surface area contributed by atoms with Gasteiger partial charge in [0.1, 0.15) is 0 Å². The summed E-state index contributed by atoms with van der Waals surface area (Å²) in [4.78, 5) is 7.13. The number of likely N-dealkylation sites (tertiary alicyclic amines) is 1. The molecule has 0 spiro atoms. The molecule has 2 rings (SSSR count). The number of benzene rings is 1. The Labute approximate surface area is 194 Å². The van der Waals surface area contributed by atoms with E-state index in [2.05, 4.69) is 60.4 Å². The largest absolute Gasteiger partial charge is 0.386 e. The SMILES string of the molecule is CCNC(=NCC(O)c1ccc(C(C)(C)C)cc1)NCCCCN1CCCC1.I. The first-order valence-corrected chi connectivity index (χ1v) is 10.9. The van der Waals surface area contributed by atoms with Crippen LogP contribution in [0, 0.1) is 0 Å². The molecule has 166 valence electrons. The molecule has 3 N–H and O–H groups in total. The van der Waals surface area contributed by atoms with Gasteiger partial charge in [-0.25, -0.2) is 0 Å². The minimum absolute atomic E-state index is 0. The number of hydrogen-bond acceptors (Lipinski definition) is 3. The minimum Gasteiger partial charge on any atom is -0.386 e. The summed E-state index contributed by atoms with van der Waals surface area (Å²) in [5.41, 5.74) is 2.31. The van der Waals surface area contributed by atoms with Crippen LogP contribution in [0.5, 0.6) is 0 Å². The van der Waals surface area contributed by atoms with Crippen LogP contribution in [0.1, 0.15) is 70.6 Å². The smallest absolute Gasteiger partial charge is 0.191 e. The Kier molecular flexibility index (Phi) is 12.1. The van der Waals surface area contributed by atoms with Crippen LogP contribution in [0.3, 0.4) is 0 Å². The number of unbranched alkanes of at least 4 members (excludes halogenated alkanes) is 1. The number of rotatable bonds is 9. The topological polar surface area (TPSA) is 59.9 Å². The highest BCUT2D eigenvalue weighted by Crippen LogP contribution is 2.24. The van der Waals surface area contributed by atoms with Crippen molar-refractivity contribution in [3.8, 4) is 0 Å². The van der Waals surface area contributed by atoms with Gasteiger partial charge in [-0.05, 0) is 68.8 Å². The predicted molar refractivity (Wildman–Crippen MR) is 134 cm³/mol. The van der Waals surface area contributed by atoms with Crippen molar-refractivity contribution in [2.75, 3.05) is 39.3 Å². The van der Waals surface area contributed by atoms with Crippen molar-refractivity contribution < 1.29 is 5.11 Å². The molecule has 0 aromatic heterocycles. The van der Waals surface area contributed by atoms with Crippen LogP contribution in [0.25, 0.3) is 0 Å². The molecule has 1 aliphatic heterocycles. The standard InChI is InChI=1S/C23H40N4O.HI/c1-5-24-22(25-14-6-7-15-27-16-8-9-17-27)26-18-21(28)19-10-12-20(13-11-19)23(2,3)4;/h10-13,21,28H,5-9,14-18H2,1-4H3,(H2,24,25,26);1H. The first kappa shape index (κ1) is 26.2. The fourth-order valence-electron chi connectivity index (χ4n) is 3.50. The highest BCUT2D eigenvalue weighted by Gasteiger charge is 2.15. The van der Waals surface area contributed by atoms with Gasteiger partial charge < -0.3 is 20.6 Å². The highest BCUT2D eigenvalue weighted by molar-refractivity contribution is 14.0. The van der Waals surface area contributed by atoms with E-state index in [0.29, 0.717) is 6.54 Å². The lowest BCUT2D eigenvalue weighted by Gasteiger charge is -2.20. The molecule has 0 aliphatic carbocycles. The maximum Gasteiger partial charge on any atom is 0.191 e. The maximum atomic E-state index is 10.5. The van der Waals surface area contributed by atoms with Crippen molar-refractivity contribution in [1.82, 2.24) is 15.5 Å². The molecule has 1 aliphatic rings. The Morgan fingerprint density at radius 2 is 1.76 bits per heavy atom. The second kappa shape index (κ2) is 13.4. The highest BCUT2D eigenvalue weighted by atomic mass is 127. The summed E-state index contributed by atoms with van der Waals surface area (Å²) in [7, 11) is 0. The molecule has 5 nitrogen and oxygen atoms in total. The van der Waals surface area contributed by atoms with Gasteiger partial charge in [-0.2, -0.15) is 0 Å². The number of aliphatic imine (C=N–C) groups is 1. The van der Waals surface area contributed by atoms with Gasteiger partial charge in [-0.3, -0.25) is 4.99 Å². The third-order valence-corrected chi connectivity index (χ3v) is 5.32. The zero-order valence-corrected chi connectivity index (χ0v) is 21.0. The Bertz CT molecular complexity index is 592. The molecule has 1 fully saturated rings. The van der Waals surface area contributed by atoms with Crippen molar-refractivity contribution in [3.63, 3.8) is 0 Å². The van der Waals surface area contributed by atoms with Crippen molar-refractivity contribution in [2.45, 2.75) is 64.9 Å². The number of hydrogen-bond donors (Lipinski definition) is 3. The van der Waals surface area contributed by atoms with Crippen LogP contribution < -0.4 is 10.6 Å². The molecule has 29 heavy (non-hydrogen) atoms. The average molecular weight is 517 g/mol. The molecule has 0 saturated carbocycles. The van der Waals surface area contributed by atoms with Crippen LogP contribution >= 0.6 is 24.0 Å². The van der Waals surface area contributed by atoms with E-state index in [1.165, 1.54) is 44.5 Å². The average Bonchev–Trinajstić information content (AvgIpc) is 3.18. The third kappa shape index (κ3) is 9.66. The van der Waals surface area contributed by atoms with Gasteiger partial charge in [-0.15, -0.1) is 24.0 Å². The molecule has 1 unspecified atom stereocenters. The van der Waals surface area contributed by atoms with Gasteiger partial charge >= 0.3 is 0 Å². The second-order valence-electron chi connectivity index (χ2n) is 8.79. The van der Waals surface area contributed by atoms with Gasteiger partial charge in [0.05, 0.1) is 12.6 Å². The molecule has 0 bridgehead atoms. The van der Waals surface area contributed by atoms with Gasteiger partial charge in [0.2, 0.25) is 0 Å². The monoisotopic (exact) mass is 516 g/mol. The van der Waals surface area contributed by atoms with Crippen molar-refractivity contribution in [2.24, 2.45) is 4.99 Å². The summed E-state index contributed by atoms with van der Waals surface area (Å²) in [6.07, 6.45) is 4.49. The molecule has 1 aromatic carbocycles. The van der Waals surface area contributed by atoms with Gasteiger partial charge in [0.15, 0.2) is 5.96 Å². The quantitative estimate of drug-likeness (QED) is 0.201. The number of nitrogens with one attached hydrogen (secondary N) is 2. The molecule has 0 amide bonds. The summed E-state index contributed by atoms with van der Waals surface area (Å²) in [6.45, 7) is 14.5. The summed E-state index contributed by atoms with van der Waals surface area (Å²) >= 11 is 0. The fourth-order valence-corrected chi connectivity index (χ4v) is 3.50. The zero-order chi connectivity index (χ0) is 20.4. The lowest BCUT2D eigenvalue weighted by atomic mass is 9.86. The zero-order valence-electron chi connectivity index (χ0n) is 18.7. The van der Waals surface area contributed by atoms with E-state index in [4.69, 9.17) is 0 Å². The predicted octanol–water partition coefficient (Wildman–Crippen LogP) is 4.07. The summed E-state index contributed by atoms with van der Waals surface area (Å²) in [5, 5.41) is 17.2. The van der Waals surface area contributed by atoms with Crippen LogP contribution in [-0.2, 0) is 5.41 Å². The molecular weight excluding hydrogens is 475 g/mol. The van der Waals surface area contributed by atoms with Crippen molar-refractivity contribution in [1.29, 1.82) is 0 Å². The molecule has 1 aromatic rings. The molecular formula is C23H41IN4O. The van der Waals surface area contributed by atoms with E-state index in [-0.39, 0.29) is 29.4 Å². The lowest BCUT2D eigenvalue weighted by molar-refractivity contribution is 0.187. The van der Waals surface area contributed by atoms with Gasteiger partial charge in [0.25, 0.3) is 0 Å². The van der Waals surface area contributed by atoms with E-state index in [1.807, 2.05) is 12.1 Å². The number of guanidine groups is 1. The summed E-state index contributed by atoms with van der Waals surface area (Å²) < 4.78 is 0. The molecule has 1 atom stereocenters. The Hall–Kier alpha value is -0.860.